The SMILES string of the molecule is Cc1nc2nccc(C(=O)N3CCCC3c3ccc(Br)s3)c2[nH]1. The third kappa shape index (κ3) is 2.57. The molecule has 0 bridgehead atoms. The number of nitrogens with one attached hydrogen (secondary N) is 1. The van der Waals surface area contributed by atoms with Gasteiger partial charge in [0.1, 0.15) is 5.82 Å². The molecule has 0 saturated carbocycles. The largest absolute Gasteiger partial charge is 0.340 e. The van der Waals surface area contributed by atoms with E-state index in [2.05, 4.69) is 36.9 Å². The molecule has 1 amide bonds. The summed E-state index contributed by atoms with van der Waals surface area (Å²) in [4.78, 5) is 28.0. The van der Waals surface area contributed by atoms with Gasteiger partial charge in [0.2, 0.25) is 0 Å². The van der Waals surface area contributed by atoms with Gasteiger partial charge in [-0.15, -0.1) is 11.3 Å². The Balaban J connectivity index is 1.72. The first kappa shape index (κ1) is 14.8. The monoisotopic (exact) mass is 390 g/mol. The maximum atomic E-state index is 13.1. The maximum absolute atomic E-state index is 13.1. The van der Waals surface area contributed by atoms with Crippen molar-refractivity contribution < 1.29 is 4.79 Å². The number of carbonyl (C=O) groups is 1. The van der Waals surface area contributed by atoms with Crippen molar-refractivity contribution in [1.29, 1.82) is 0 Å². The second kappa shape index (κ2) is 5.72. The van der Waals surface area contributed by atoms with Gasteiger partial charge in [-0.2, -0.15) is 0 Å². The highest BCUT2D eigenvalue weighted by molar-refractivity contribution is 9.11. The van der Waals surface area contributed by atoms with Crippen molar-refractivity contribution in [3.05, 3.63) is 44.4 Å². The molecule has 1 unspecified atom stereocenters. The molecule has 3 aromatic rings. The Morgan fingerprint density at radius 1 is 1.43 bits per heavy atom. The second-order valence-corrected chi connectivity index (χ2v) is 8.17. The Hall–Kier alpha value is -1.73. The van der Waals surface area contributed by atoms with E-state index in [-0.39, 0.29) is 11.9 Å². The zero-order valence-electron chi connectivity index (χ0n) is 12.5. The van der Waals surface area contributed by atoms with Gasteiger partial charge in [0.25, 0.3) is 5.91 Å². The number of thiophene rings is 1. The molecule has 1 aliphatic rings. The van der Waals surface area contributed by atoms with E-state index in [1.165, 1.54) is 4.88 Å². The van der Waals surface area contributed by atoms with Crippen LogP contribution in [0.3, 0.4) is 0 Å². The van der Waals surface area contributed by atoms with Crippen LogP contribution in [0, 0.1) is 6.92 Å². The van der Waals surface area contributed by atoms with Crippen molar-refractivity contribution >= 4 is 44.3 Å². The van der Waals surface area contributed by atoms with Crippen LogP contribution in [0.25, 0.3) is 11.2 Å². The number of carbonyl (C=O) groups excluding carboxylic acids is 1. The molecule has 1 fully saturated rings. The lowest BCUT2D eigenvalue weighted by Gasteiger charge is -2.24. The summed E-state index contributed by atoms with van der Waals surface area (Å²) in [7, 11) is 0. The number of hydrogen-bond donors (Lipinski definition) is 1. The van der Waals surface area contributed by atoms with E-state index in [9.17, 15) is 4.79 Å². The van der Waals surface area contributed by atoms with Gasteiger partial charge >= 0.3 is 0 Å². The molecule has 0 aromatic carbocycles. The summed E-state index contributed by atoms with van der Waals surface area (Å²) >= 11 is 5.21. The van der Waals surface area contributed by atoms with Crippen LogP contribution in [0.1, 0.15) is 39.9 Å². The van der Waals surface area contributed by atoms with Crippen LogP contribution in [0.15, 0.2) is 28.2 Å². The Morgan fingerprint density at radius 3 is 3.09 bits per heavy atom. The standard InChI is InChI=1S/C16H15BrN4OS/c1-9-19-14-10(6-7-18-15(14)20-9)16(22)21-8-2-3-11(21)12-4-5-13(17)23-12/h4-7,11H,2-3,8H2,1H3,(H,18,19,20). The smallest absolute Gasteiger partial charge is 0.256 e. The molecule has 1 aliphatic heterocycles. The van der Waals surface area contributed by atoms with E-state index in [1.807, 2.05) is 17.9 Å². The number of rotatable bonds is 2. The molecule has 1 N–H and O–H groups in total. The van der Waals surface area contributed by atoms with Crippen LogP contribution in [-0.4, -0.2) is 32.3 Å². The average Bonchev–Trinajstić information content (AvgIpc) is 3.23. The predicted octanol–water partition coefficient (Wildman–Crippen LogP) is 4.07. The van der Waals surface area contributed by atoms with Crippen LogP contribution in [0.2, 0.25) is 0 Å². The number of likely N-dealkylation sites (tertiary alicyclic amines) is 1. The number of pyridine rings is 1. The molecule has 3 aromatic heterocycles. The molecule has 118 valence electrons. The molecule has 4 rings (SSSR count). The normalized spacial score (nSPS) is 18.0. The predicted molar refractivity (Wildman–Crippen MR) is 93.7 cm³/mol. The van der Waals surface area contributed by atoms with Crippen molar-refractivity contribution in [2.75, 3.05) is 6.54 Å². The molecule has 4 heterocycles. The van der Waals surface area contributed by atoms with E-state index in [0.717, 1.165) is 34.5 Å². The third-order valence-corrected chi connectivity index (χ3v) is 5.90. The summed E-state index contributed by atoms with van der Waals surface area (Å²) in [6, 6.07) is 6.09. The number of aromatic amines is 1. The number of imidazole rings is 1. The summed E-state index contributed by atoms with van der Waals surface area (Å²) in [5.41, 5.74) is 1.98. The van der Waals surface area contributed by atoms with E-state index in [0.29, 0.717) is 11.2 Å². The van der Waals surface area contributed by atoms with Crippen molar-refractivity contribution in [1.82, 2.24) is 19.9 Å². The van der Waals surface area contributed by atoms with Gasteiger partial charge in [-0.25, -0.2) is 9.97 Å². The Bertz CT molecular complexity index is 887. The summed E-state index contributed by atoms with van der Waals surface area (Å²) in [5.74, 6) is 0.820. The van der Waals surface area contributed by atoms with Crippen LogP contribution in [-0.2, 0) is 0 Å². The quantitative estimate of drug-likeness (QED) is 0.717. The second-order valence-electron chi connectivity index (χ2n) is 5.68. The van der Waals surface area contributed by atoms with Gasteiger partial charge in [0, 0.05) is 17.6 Å². The van der Waals surface area contributed by atoms with Crippen LogP contribution in [0.4, 0.5) is 0 Å². The highest BCUT2D eigenvalue weighted by atomic mass is 79.9. The maximum Gasteiger partial charge on any atom is 0.256 e. The summed E-state index contributed by atoms with van der Waals surface area (Å²) in [6.07, 6.45) is 3.69. The molecule has 23 heavy (non-hydrogen) atoms. The minimum absolute atomic E-state index is 0.0491. The summed E-state index contributed by atoms with van der Waals surface area (Å²) < 4.78 is 1.10. The number of nitrogens with zero attached hydrogens (tertiary/aromatic N) is 3. The van der Waals surface area contributed by atoms with Crippen molar-refractivity contribution in [2.24, 2.45) is 0 Å². The van der Waals surface area contributed by atoms with E-state index < -0.39 is 0 Å². The van der Waals surface area contributed by atoms with Gasteiger partial charge in [-0.3, -0.25) is 4.79 Å². The molecule has 7 heteroatoms. The van der Waals surface area contributed by atoms with Gasteiger partial charge in [0.15, 0.2) is 5.65 Å². The van der Waals surface area contributed by atoms with Gasteiger partial charge in [0.05, 0.1) is 20.9 Å². The number of fused-ring (bicyclic) bond motifs is 1. The molecular weight excluding hydrogens is 376 g/mol. The zero-order chi connectivity index (χ0) is 16.0. The van der Waals surface area contributed by atoms with Crippen molar-refractivity contribution in [3.8, 4) is 0 Å². The number of hydrogen-bond acceptors (Lipinski definition) is 4. The number of aromatic nitrogens is 3. The molecule has 1 atom stereocenters. The van der Waals surface area contributed by atoms with E-state index in [4.69, 9.17) is 0 Å². The number of H-pyrrole nitrogens is 1. The summed E-state index contributed by atoms with van der Waals surface area (Å²) in [6.45, 7) is 2.66. The lowest BCUT2D eigenvalue weighted by atomic mass is 10.1. The molecular formula is C16H15BrN4OS. The van der Waals surface area contributed by atoms with Crippen molar-refractivity contribution in [3.63, 3.8) is 0 Å². The van der Waals surface area contributed by atoms with Gasteiger partial charge in [-0.1, -0.05) is 0 Å². The van der Waals surface area contributed by atoms with Crippen molar-refractivity contribution in [2.45, 2.75) is 25.8 Å². The first-order valence-corrected chi connectivity index (χ1v) is 9.12. The van der Waals surface area contributed by atoms with E-state index >= 15 is 0 Å². The minimum atomic E-state index is 0.0491. The number of halogens is 1. The number of amides is 1. The van der Waals surface area contributed by atoms with E-state index in [1.54, 1.807) is 23.6 Å². The average molecular weight is 391 g/mol. The Kier molecular flexibility index (Phi) is 3.69. The van der Waals surface area contributed by atoms with Gasteiger partial charge < -0.3 is 9.88 Å². The van der Waals surface area contributed by atoms with Crippen LogP contribution < -0.4 is 0 Å². The fourth-order valence-electron chi connectivity index (χ4n) is 3.17. The lowest BCUT2D eigenvalue weighted by molar-refractivity contribution is 0.0739. The minimum Gasteiger partial charge on any atom is -0.340 e. The molecule has 1 saturated heterocycles. The highest BCUT2D eigenvalue weighted by Gasteiger charge is 2.32. The highest BCUT2D eigenvalue weighted by Crippen LogP contribution is 2.38. The first-order chi connectivity index (χ1) is 11.1. The Morgan fingerprint density at radius 2 is 2.30 bits per heavy atom. The number of aryl methyl sites for hydroxylation is 1. The zero-order valence-corrected chi connectivity index (χ0v) is 14.9. The Labute approximate surface area is 145 Å². The fraction of sp³-hybridized carbons (Fsp3) is 0.312. The summed E-state index contributed by atoms with van der Waals surface area (Å²) in [5, 5.41) is 0. The lowest BCUT2D eigenvalue weighted by Crippen LogP contribution is -2.30. The fourth-order valence-corrected chi connectivity index (χ4v) is 4.74. The van der Waals surface area contributed by atoms with Gasteiger partial charge in [-0.05, 0) is 53.9 Å². The first-order valence-electron chi connectivity index (χ1n) is 7.51. The van der Waals surface area contributed by atoms with Crippen LogP contribution >= 0.6 is 27.3 Å². The van der Waals surface area contributed by atoms with Crippen LogP contribution in [0.5, 0.6) is 0 Å². The molecule has 0 radical (unpaired) electrons. The molecule has 0 aliphatic carbocycles. The topological polar surface area (TPSA) is 61.9 Å². The third-order valence-electron chi connectivity index (χ3n) is 4.18. The molecule has 0 spiro atoms. The molecule has 5 nitrogen and oxygen atoms in total.